The van der Waals surface area contributed by atoms with Gasteiger partial charge in [-0.2, -0.15) is 0 Å². The average Bonchev–Trinajstić information content (AvgIpc) is 2.55. The van der Waals surface area contributed by atoms with Gasteiger partial charge in [0.15, 0.2) is 0 Å². The van der Waals surface area contributed by atoms with E-state index in [1.165, 1.54) is 19.0 Å². The Morgan fingerprint density at radius 1 is 1.17 bits per heavy atom. The van der Waals surface area contributed by atoms with Crippen molar-refractivity contribution in [1.82, 2.24) is 9.97 Å². The quantitative estimate of drug-likeness (QED) is 0.712. The maximum atomic E-state index is 12.1. The zero-order valence-electron chi connectivity index (χ0n) is 12.8. The van der Waals surface area contributed by atoms with Gasteiger partial charge in [0.1, 0.15) is 11.5 Å². The van der Waals surface area contributed by atoms with Crippen LogP contribution >= 0.6 is 23.2 Å². The molecule has 23 heavy (non-hydrogen) atoms. The molecule has 1 aromatic carbocycles. The Morgan fingerprint density at radius 2 is 2.00 bits per heavy atom. The Morgan fingerprint density at radius 3 is 2.65 bits per heavy atom. The van der Waals surface area contributed by atoms with Crippen molar-refractivity contribution in [3.63, 3.8) is 0 Å². The second-order valence-corrected chi connectivity index (χ2v) is 5.84. The van der Waals surface area contributed by atoms with Gasteiger partial charge in [-0.15, -0.1) is 0 Å². The maximum Gasteiger partial charge on any atom is 0.275 e. The first kappa shape index (κ1) is 17.5. The number of unbranched alkanes of at least 4 members (excludes halogenated alkanes) is 2. The van der Waals surface area contributed by atoms with Crippen molar-refractivity contribution in [2.75, 3.05) is 17.2 Å². The van der Waals surface area contributed by atoms with Crippen molar-refractivity contribution in [3.05, 3.63) is 46.3 Å². The van der Waals surface area contributed by atoms with Gasteiger partial charge in [-0.1, -0.05) is 43.0 Å². The average molecular weight is 353 g/mol. The third-order valence-electron chi connectivity index (χ3n) is 3.15. The Hall–Kier alpha value is -1.85. The molecule has 0 aliphatic carbocycles. The lowest BCUT2D eigenvalue weighted by molar-refractivity contribution is 0.102. The molecule has 1 amide bonds. The number of anilines is 2. The third kappa shape index (κ3) is 5.37. The number of aromatic nitrogens is 2. The molecule has 0 spiro atoms. The first-order valence-corrected chi connectivity index (χ1v) is 8.18. The molecule has 2 N–H and O–H groups in total. The zero-order chi connectivity index (χ0) is 16.7. The Bertz CT molecular complexity index is 662. The second kappa shape index (κ2) is 8.70. The van der Waals surface area contributed by atoms with Crippen molar-refractivity contribution in [1.29, 1.82) is 0 Å². The van der Waals surface area contributed by atoms with Gasteiger partial charge in [-0.25, -0.2) is 9.97 Å². The lowest BCUT2D eigenvalue weighted by Crippen LogP contribution is -2.15. The van der Waals surface area contributed by atoms with Gasteiger partial charge in [-0.3, -0.25) is 4.79 Å². The van der Waals surface area contributed by atoms with Crippen LogP contribution in [0, 0.1) is 0 Å². The second-order valence-electron chi connectivity index (χ2n) is 5.00. The number of benzene rings is 1. The highest BCUT2D eigenvalue weighted by molar-refractivity contribution is 6.36. The van der Waals surface area contributed by atoms with Gasteiger partial charge in [0.2, 0.25) is 0 Å². The van der Waals surface area contributed by atoms with E-state index < -0.39 is 0 Å². The fraction of sp³-hybridized carbons (Fsp3) is 0.312. The first-order chi connectivity index (χ1) is 11.1. The highest BCUT2D eigenvalue weighted by Gasteiger charge is 2.10. The minimum Gasteiger partial charge on any atom is -0.369 e. The summed E-state index contributed by atoms with van der Waals surface area (Å²) in [4.78, 5) is 20.4. The van der Waals surface area contributed by atoms with E-state index in [-0.39, 0.29) is 11.6 Å². The van der Waals surface area contributed by atoms with Gasteiger partial charge < -0.3 is 10.6 Å². The summed E-state index contributed by atoms with van der Waals surface area (Å²) >= 11 is 11.8. The lowest BCUT2D eigenvalue weighted by Gasteiger charge is -2.08. The summed E-state index contributed by atoms with van der Waals surface area (Å²) < 4.78 is 0. The fourth-order valence-electron chi connectivity index (χ4n) is 1.91. The van der Waals surface area contributed by atoms with Crippen LogP contribution in [0.15, 0.2) is 30.6 Å². The van der Waals surface area contributed by atoms with Crippen LogP contribution in [0.4, 0.5) is 11.5 Å². The van der Waals surface area contributed by atoms with Gasteiger partial charge in [0.25, 0.3) is 5.91 Å². The van der Waals surface area contributed by atoms with Crippen molar-refractivity contribution >= 4 is 40.6 Å². The van der Waals surface area contributed by atoms with Gasteiger partial charge in [0.05, 0.1) is 23.1 Å². The van der Waals surface area contributed by atoms with Crippen molar-refractivity contribution in [2.24, 2.45) is 0 Å². The summed E-state index contributed by atoms with van der Waals surface area (Å²) in [5.41, 5.74) is 0.694. The standard InChI is InChI=1S/C16H18Cl2N4O/c1-2-3-4-7-19-15-10-20-14(9-21-15)16(23)22-13-6-5-11(17)8-12(13)18/h5-6,8-10H,2-4,7H2,1H3,(H,19,21)(H,22,23). The van der Waals surface area contributed by atoms with Crippen LogP contribution in [0.1, 0.15) is 36.7 Å². The molecular formula is C16H18Cl2N4O. The molecule has 0 saturated carbocycles. The summed E-state index contributed by atoms with van der Waals surface area (Å²) in [5, 5.41) is 6.72. The lowest BCUT2D eigenvalue weighted by atomic mass is 10.2. The number of hydrogen-bond donors (Lipinski definition) is 2. The molecule has 5 nitrogen and oxygen atoms in total. The van der Waals surface area contributed by atoms with E-state index in [1.54, 1.807) is 24.4 Å². The molecule has 2 aromatic rings. The molecule has 0 bridgehead atoms. The summed E-state index contributed by atoms with van der Waals surface area (Å²) in [6.07, 6.45) is 6.39. The van der Waals surface area contributed by atoms with Crippen LogP contribution in [0.25, 0.3) is 0 Å². The molecule has 0 radical (unpaired) electrons. The van der Waals surface area contributed by atoms with Crippen molar-refractivity contribution < 1.29 is 4.79 Å². The Labute approximate surface area is 145 Å². The number of hydrogen-bond acceptors (Lipinski definition) is 4. The number of carbonyl (C=O) groups excluding carboxylic acids is 1. The maximum absolute atomic E-state index is 12.1. The SMILES string of the molecule is CCCCCNc1cnc(C(=O)Nc2ccc(Cl)cc2Cl)cn1. The number of nitrogens with zero attached hydrogens (tertiary/aromatic N) is 2. The van der Waals surface area contributed by atoms with E-state index in [1.807, 2.05) is 0 Å². The molecule has 2 rings (SSSR count). The summed E-state index contributed by atoms with van der Waals surface area (Å²) in [6.45, 7) is 2.99. The molecule has 1 aromatic heterocycles. The summed E-state index contributed by atoms with van der Waals surface area (Å²) in [7, 11) is 0. The van der Waals surface area contributed by atoms with Gasteiger partial charge in [0, 0.05) is 11.6 Å². The van der Waals surface area contributed by atoms with E-state index in [9.17, 15) is 4.79 Å². The minimum atomic E-state index is -0.376. The molecule has 0 unspecified atom stereocenters. The molecule has 122 valence electrons. The Kier molecular flexibility index (Phi) is 6.62. The predicted molar refractivity (Wildman–Crippen MR) is 94.5 cm³/mol. The van der Waals surface area contributed by atoms with Crippen molar-refractivity contribution in [2.45, 2.75) is 26.2 Å². The Balaban J connectivity index is 1.94. The highest BCUT2D eigenvalue weighted by atomic mass is 35.5. The fourth-order valence-corrected chi connectivity index (χ4v) is 2.36. The van der Waals surface area contributed by atoms with Crippen LogP contribution in [-0.2, 0) is 0 Å². The monoisotopic (exact) mass is 352 g/mol. The highest BCUT2D eigenvalue weighted by Crippen LogP contribution is 2.25. The molecule has 0 aliphatic rings. The number of nitrogens with one attached hydrogen (secondary N) is 2. The van der Waals surface area contributed by atoms with E-state index >= 15 is 0 Å². The number of amides is 1. The largest absolute Gasteiger partial charge is 0.369 e. The molecule has 0 atom stereocenters. The van der Waals surface area contributed by atoms with Crippen LogP contribution < -0.4 is 10.6 Å². The van der Waals surface area contributed by atoms with E-state index in [0.717, 1.165) is 13.0 Å². The molecular weight excluding hydrogens is 335 g/mol. The summed E-state index contributed by atoms with van der Waals surface area (Å²) in [5.74, 6) is 0.279. The number of carbonyl (C=O) groups is 1. The molecule has 0 fully saturated rings. The predicted octanol–water partition coefficient (Wildman–Crippen LogP) is 4.64. The number of halogens is 2. The molecule has 0 saturated heterocycles. The molecule has 7 heteroatoms. The normalized spacial score (nSPS) is 10.4. The minimum absolute atomic E-state index is 0.218. The first-order valence-electron chi connectivity index (χ1n) is 7.42. The van der Waals surface area contributed by atoms with E-state index in [4.69, 9.17) is 23.2 Å². The third-order valence-corrected chi connectivity index (χ3v) is 3.70. The van der Waals surface area contributed by atoms with Gasteiger partial charge >= 0.3 is 0 Å². The van der Waals surface area contributed by atoms with Crippen LogP contribution in [0.2, 0.25) is 10.0 Å². The van der Waals surface area contributed by atoms with Gasteiger partial charge in [-0.05, 0) is 24.6 Å². The van der Waals surface area contributed by atoms with Crippen molar-refractivity contribution in [3.8, 4) is 0 Å². The topological polar surface area (TPSA) is 66.9 Å². The van der Waals surface area contributed by atoms with Crippen LogP contribution in [0.3, 0.4) is 0 Å². The van der Waals surface area contributed by atoms with E-state index in [0.29, 0.717) is 21.6 Å². The molecule has 0 aliphatic heterocycles. The van der Waals surface area contributed by atoms with E-state index in [2.05, 4.69) is 27.5 Å². The number of rotatable bonds is 7. The smallest absolute Gasteiger partial charge is 0.275 e. The van der Waals surface area contributed by atoms with Crippen LogP contribution in [0.5, 0.6) is 0 Å². The molecule has 1 heterocycles. The zero-order valence-corrected chi connectivity index (χ0v) is 14.3. The summed E-state index contributed by atoms with van der Waals surface area (Å²) in [6, 6.07) is 4.85. The van der Waals surface area contributed by atoms with Crippen LogP contribution in [-0.4, -0.2) is 22.4 Å².